The number of hydrogen-bond donors (Lipinski definition) is 2. The van der Waals surface area contributed by atoms with E-state index >= 15 is 0 Å². The van der Waals surface area contributed by atoms with Gasteiger partial charge in [-0.2, -0.15) is 5.10 Å². The van der Waals surface area contributed by atoms with E-state index < -0.39 is 17.2 Å². The highest BCUT2D eigenvalue weighted by molar-refractivity contribution is 6.30. The van der Waals surface area contributed by atoms with Gasteiger partial charge in [0.05, 0.1) is 17.4 Å². The fraction of sp³-hybridized carbons (Fsp3) is 0.364. The number of nitrogen functional groups attached to an aromatic ring is 1. The van der Waals surface area contributed by atoms with Crippen LogP contribution < -0.4 is 21.9 Å². The topological polar surface area (TPSA) is 119 Å². The minimum absolute atomic E-state index is 0.0149. The molecule has 0 atom stereocenters. The van der Waals surface area contributed by atoms with Crippen LogP contribution in [0, 0.1) is 0 Å². The number of carbonyl (C=O) groups excluding carboxylic acids is 1. The lowest BCUT2D eigenvalue weighted by Gasteiger charge is -2.24. The normalized spacial score (nSPS) is 11.0. The molecule has 9 nitrogen and oxygen atoms in total. The monoisotopic (exact) mass is 458 g/mol. The molecule has 3 aromatic rings. The molecule has 0 saturated heterocycles. The third-order valence-electron chi connectivity index (χ3n) is 5.10. The van der Waals surface area contributed by atoms with E-state index in [0.717, 1.165) is 12.8 Å². The Labute approximate surface area is 190 Å². The second kappa shape index (κ2) is 10.3. The van der Waals surface area contributed by atoms with Crippen LogP contribution in [0.5, 0.6) is 0 Å². The number of anilines is 2. The second-order valence-electron chi connectivity index (χ2n) is 7.46. The quantitative estimate of drug-likeness (QED) is 0.510. The summed E-state index contributed by atoms with van der Waals surface area (Å²) in [5.41, 5.74) is 5.93. The Bertz CT molecular complexity index is 1210. The molecule has 32 heavy (non-hydrogen) atoms. The van der Waals surface area contributed by atoms with E-state index in [0.29, 0.717) is 30.1 Å². The molecule has 170 valence electrons. The van der Waals surface area contributed by atoms with E-state index in [4.69, 9.17) is 17.3 Å². The SMILES string of the molecule is CCCCN(C(=O)c1cnn(-c2cccc(Cl)c2)c1)c1c(N)n(CCCC)c(=O)[nH]c1=O. The van der Waals surface area contributed by atoms with Gasteiger partial charge < -0.3 is 10.6 Å². The van der Waals surface area contributed by atoms with Gasteiger partial charge in [0.2, 0.25) is 0 Å². The van der Waals surface area contributed by atoms with Crippen molar-refractivity contribution < 1.29 is 4.79 Å². The maximum Gasteiger partial charge on any atom is 0.330 e. The van der Waals surface area contributed by atoms with Crippen LogP contribution in [0.2, 0.25) is 5.02 Å². The number of amides is 1. The lowest BCUT2D eigenvalue weighted by atomic mass is 10.2. The molecule has 0 saturated carbocycles. The van der Waals surface area contributed by atoms with Gasteiger partial charge in [-0.25, -0.2) is 9.48 Å². The fourth-order valence-electron chi connectivity index (χ4n) is 3.36. The van der Waals surface area contributed by atoms with Gasteiger partial charge in [-0.1, -0.05) is 44.4 Å². The van der Waals surface area contributed by atoms with Crippen LogP contribution in [0.25, 0.3) is 5.69 Å². The molecule has 0 aliphatic heterocycles. The lowest BCUT2D eigenvalue weighted by molar-refractivity contribution is 0.0986. The van der Waals surface area contributed by atoms with Crippen molar-refractivity contribution in [3.8, 4) is 5.69 Å². The van der Waals surface area contributed by atoms with Gasteiger partial charge in [-0.3, -0.25) is 19.1 Å². The molecule has 0 spiro atoms. The second-order valence-corrected chi connectivity index (χ2v) is 7.90. The third-order valence-corrected chi connectivity index (χ3v) is 5.34. The Hall–Kier alpha value is -3.33. The molecule has 0 aliphatic carbocycles. The summed E-state index contributed by atoms with van der Waals surface area (Å²) in [5.74, 6) is -0.441. The number of H-pyrrole nitrogens is 1. The summed E-state index contributed by atoms with van der Waals surface area (Å²) in [5, 5.41) is 4.81. The number of aromatic nitrogens is 4. The Balaban J connectivity index is 2.03. The first-order chi connectivity index (χ1) is 15.4. The van der Waals surface area contributed by atoms with Gasteiger partial charge in [-0.05, 0) is 31.0 Å². The van der Waals surface area contributed by atoms with Crippen molar-refractivity contribution in [2.45, 2.75) is 46.1 Å². The van der Waals surface area contributed by atoms with Crippen molar-refractivity contribution in [2.24, 2.45) is 0 Å². The number of rotatable bonds is 9. The summed E-state index contributed by atoms with van der Waals surface area (Å²) >= 11 is 6.05. The number of carbonyl (C=O) groups is 1. The number of hydrogen-bond acceptors (Lipinski definition) is 5. The van der Waals surface area contributed by atoms with Crippen LogP contribution in [0.4, 0.5) is 11.5 Å². The standard InChI is InChI=1S/C22H27ClN6O3/c1-3-5-10-27(18-19(24)28(11-6-4-2)22(32)26-20(18)30)21(31)15-13-25-29(14-15)17-9-7-8-16(23)12-17/h7-9,12-14H,3-6,10-11,24H2,1-2H3,(H,26,30,32). The highest BCUT2D eigenvalue weighted by Gasteiger charge is 2.26. The molecule has 2 aromatic heterocycles. The predicted molar refractivity (Wildman–Crippen MR) is 126 cm³/mol. The highest BCUT2D eigenvalue weighted by Crippen LogP contribution is 2.21. The van der Waals surface area contributed by atoms with Crippen molar-refractivity contribution in [2.75, 3.05) is 17.2 Å². The summed E-state index contributed by atoms with van der Waals surface area (Å²) in [6, 6.07) is 7.07. The first kappa shape index (κ1) is 23.3. The number of nitrogens with zero attached hydrogens (tertiary/aromatic N) is 4. The molecule has 1 aromatic carbocycles. The van der Waals surface area contributed by atoms with Crippen molar-refractivity contribution >= 4 is 29.0 Å². The molecule has 1 amide bonds. The summed E-state index contributed by atoms with van der Waals surface area (Å²) in [4.78, 5) is 42.1. The Kier molecular flexibility index (Phi) is 7.53. The van der Waals surface area contributed by atoms with Crippen LogP contribution in [-0.4, -0.2) is 31.8 Å². The van der Waals surface area contributed by atoms with Crippen molar-refractivity contribution in [3.63, 3.8) is 0 Å². The predicted octanol–water partition coefficient (Wildman–Crippen LogP) is 3.20. The van der Waals surface area contributed by atoms with Gasteiger partial charge in [0.25, 0.3) is 11.5 Å². The number of aromatic amines is 1. The molecule has 0 fully saturated rings. The Morgan fingerprint density at radius 2 is 1.97 bits per heavy atom. The van der Waals surface area contributed by atoms with Crippen LogP contribution in [0.15, 0.2) is 46.2 Å². The molecular weight excluding hydrogens is 432 g/mol. The maximum atomic E-state index is 13.4. The zero-order valence-corrected chi connectivity index (χ0v) is 18.9. The van der Waals surface area contributed by atoms with Crippen LogP contribution in [-0.2, 0) is 6.54 Å². The smallest absolute Gasteiger partial charge is 0.330 e. The van der Waals surface area contributed by atoms with E-state index in [1.165, 1.54) is 20.3 Å². The van der Waals surface area contributed by atoms with Crippen LogP contribution in [0.3, 0.4) is 0 Å². The van der Waals surface area contributed by atoms with Crippen molar-refractivity contribution in [3.05, 3.63) is 68.1 Å². The molecule has 2 heterocycles. The number of nitrogens with one attached hydrogen (secondary N) is 1. The summed E-state index contributed by atoms with van der Waals surface area (Å²) < 4.78 is 2.84. The largest absolute Gasteiger partial charge is 0.383 e. The highest BCUT2D eigenvalue weighted by atomic mass is 35.5. The van der Waals surface area contributed by atoms with E-state index in [9.17, 15) is 14.4 Å². The molecule has 0 aliphatic rings. The minimum atomic E-state index is -0.688. The maximum absolute atomic E-state index is 13.4. The average Bonchev–Trinajstić information content (AvgIpc) is 3.25. The van der Waals surface area contributed by atoms with Crippen LogP contribution in [0.1, 0.15) is 49.9 Å². The fourth-order valence-corrected chi connectivity index (χ4v) is 3.54. The molecule has 0 radical (unpaired) electrons. The number of unbranched alkanes of at least 4 members (excludes halogenated alkanes) is 2. The van der Waals surface area contributed by atoms with Crippen molar-refractivity contribution in [1.82, 2.24) is 19.3 Å². The minimum Gasteiger partial charge on any atom is -0.383 e. The Morgan fingerprint density at radius 1 is 1.22 bits per heavy atom. The molecule has 10 heteroatoms. The first-order valence-electron chi connectivity index (χ1n) is 10.6. The zero-order chi connectivity index (χ0) is 23.3. The first-order valence-corrected chi connectivity index (χ1v) is 11.0. The van der Waals surface area contributed by atoms with E-state index in [-0.39, 0.29) is 23.6 Å². The molecule has 3 rings (SSSR count). The molecule has 0 bridgehead atoms. The average molecular weight is 459 g/mol. The van der Waals surface area contributed by atoms with Gasteiger partial charge in [-0.15, -0.1) is 0 Å². The lowest BCUT2D eigenvalue weighted by Crippen LogP contribution is -2.41. The summed E-state index contributed by atoms with van der Waals surface area (Å²) in [7, 11) is 0. The molecular formula is C22H27ClN6O3. The van der Waals surface area contributed by atoms with Gasteiger partial charge >= 0.3 is 5.69 Å². The number of nitrogens with two attached hydrogens (primary N) is 1. The van der Waals surface area contributed by atoms with Gasteiger partial charge in [0, 0.05) is 24.3 Å². The van der Waals surface area contributed by atoms with Gasteiger partial charge in [0.15, 0.2) is 5.69 Å². The Morgan fingerprint density at radius 3 is 2.66 bits per heavy atom. The zero-order valence-electron chi connectivity index (χ0n) is 18.2. The van der Waals surface area contributed by atoms with E-state index in [2.05, 4.69) is 10.1 Å². The summed E-state index contributed by atoms with van der Waals surface area (Å²) in [6.07, 6.45) is 6.02. The summed E-state index contributed by atoms with van der Waals surface area (Å²) in [6.45, 7) is 4.60. The van der Waals surface area contributed by atoms with Crippen molar-refractivity contribution in [1.29, 1.82) is 0 Å². The third kappa shape index (κ3) is 4.94. The number of benzene rings is 1. The molecule has 0 unspecified atom stereocenters. The molecule has 3 N–H and O–H groups in total. The van der Waals surface area contributed by atoms with E-state index in [1.54, 1.807) is 24.4 Å². The number of halogens is 1. The van der Waals surface area contributed by atoms with Crippen LogP contribution >= 0.6 is 11.6 Å². The van der Waals surface area contributed by atoms with E-state index in [1.807, 2.05) is 19.9 Å². The van der Waals surface area contributed by atoms with Gasteiger partial charge in [0.1, 0.15) is 5.82 Å².